The first-order valence-electron chi connectivity index (χ1n) is 10.5. The summed E-state index contributed by atoms with van der Waals surface area (Å²) in [6.07, 6.45) is 3.58. The number of nitrogens with zero attached hydrogens (tertiary/aromatic N) is 1. The summed E-state index contributed by atoms with van der Waals surface area (Å²) in [4.78, 5) is 4.26. The molecule has 168 valence electrons. The average Bonchev–Trinajstić information content (AvgIpc) is 2.80. The van der Waals surface area contributed by atoms with Crippen molar-refractivity contribution in [2.75, 3.05) is 25.1 Å². The third kappa shape index (κ3) is 4.74. The Labute approximate surface area is 182 Å². The van der Waals surface area contributed by atoms with Gasteiger partial charge < -0.3 is 15.2 Å². The number of hydrogen-bond donors (Lipinski definition) is 3. The lowest BCUT2D eigenvalue weighted by Crippen LogP contribution is -2.55. The van der Waals surface area contributed by atoms with Gasteiger partial charge in [-0.15, -0.1) is 0 Å². The first-order valence-corrected chi connectivity index (χ1v) is 11.9. The highest BCUT2D eigenvalue weighted by Gasteiger charge is 2.49. The van der Waals surface area contributed by atoms with Crippen LogP contribution in [0.2, 0.25) is 0 Å². The van der Waals surface area contributed by atoms with E-state index >= 15 is 0 Å². The lowest BCUT2D eigenvalue weighted by molar-refractivity contribution is -0.187. The second kappa shape index (κ2) is 8.46. The van der Waals surface area contributed by atoms with Crippen molar-refractivity contribution in [3.63, 3.8) is 0 Å². The Kier molecular flexibility index (Phi) is 6.04. The molecule has 3 aliphatic rings. The molecule has 3 fully saturated rings. The van der Waals surface area contributed by atoms with Crippen molar-refractivity contribution >= 4 is 15.8 Å². The van der Waals surface area contributed by atoms with Gasteiger partial charge in [-0.2, -0.15) is 0 Å². The van der Waals surface area contributed by atoms with Gasteiger partial charge in [0, 0.05) is 18.5 Å². The van der Waals surface area contributed by atoms with Crippen LogP contribution in [0.15, 0.2) is 41.4 Å². The van der Waals surface area contributed by atoms with Crippen molar-refractivity contribution in [2.24, 2.45) is 5.41 Å². The number of aliphatic hydroxyl groups is 1. The van der Waals surface area contributed by atoms with E-state index in [4.69, 9.17) is 4.74 Å². The number of fused-ring (bicyclic) bond motifs is 3. The summed E-state index contributed by atoms with van der Waals surface area (Å²) in [6.45, 7) is 2.93. The van der Waals surface area contributed by atoms with Crippen molar-refractivity contribution in [3.05, 3.63) is 53.3 Å². The van der Waals surface area contributed by atoms with Gasteiger partial charge in [0.2, 0.25) is 0 Å². The maximum absolute atomic E-state index is 13.4. The Morgan fingerprint density at radius 1 is 1.19 bits per heavy atom. The van der Waals surface area contributed by atoms with Gasteiger partial charge in [-0.25, -0.2) is 22.5 Å². The Morgan fingerprint density at radius 2 is 1.97 bits per heavy atom. The number of benzene rings is 1. The molecule has 0 radical (unpaired) electrons. The molecule has 1 saturated carbocycles. The van der Waals surface area contributed by atoms with Crippen LogP contribution in [0.3, 0.4) is 0 Å². The van der Waals surface area contributed by atoms with Crippen LogP contribution >= 0.6 is 0 Å². The second-order valence-electron chi connectivity index (χ2n) is 8.75. The van der Waals surface area contributed by atoms with E-state index in [9.17, 15) is 17.9 Å². The minimum absolute atomic E-state index is 0.0480. The van der Waals surface area contributed by atoms with Crippen LogP contribution in [0.5, 0.6) is 0 Å². The molecule has 0 unspecified atom stereocenters. The minimum atomic E-state index is -3.83. The van der Waals surface area contributed by atoms with Gasteiger partial charge in [0.15, 0.2) is 5.03 Å². The van der Waals surface area contributed by atoms with E-state index in [1.165, 1.54) is 12.1 Å². The largest absolute Gasteiger partial charge is 0.396 e. The predicted octanol–water partition coefficient (Wildman–Crippen LogP) is 2.74. The number of pyridine rings is 1. The Bertz CT molecular complexity index is 1040. The molecule has 2 aromatic rings. The molecule has 2 saturated heterocycles. The van der Waals surface area contributed by atoms with Crippen LogP contribution in [-0.4, -0.2) is 43.9 Å². The molecule has 9 heteroatoms. The smallest absolute Gasteiger partial charge is 0.258 e. The zero-order chi connectivity index (χ0) is 22.1. The Hall–Kier alpha value is -2.07. The Morgan fingerprint density at radius 3 is 2.61 bits per heavy atom. The standard InChI is InChI=1S/C22H28FN3O4S/c1-16-11-17(5-6-18(16)23)12-25-31(28,29)20-4-2-3-19(26-20)24-13-22-9-7-21(14-27,8-10-22)15-30-22/h2-6,11,25,27H,7-10,12-15H2,1H3,(H,24,26). The second-order valence-corrected chi connectivity index (χ2v) is 10.5. The van der Waals surface area contributed by atoms with Crippen molar-refractivity contribution in [2.45, 2.75) is 49.8 Å². The van der Waals surface area contributed by atoms with Gasteiger partial charge in [0.1, 0.15) is 11.6 Å². The lowest BCUT2D eigenvalue weighted by Gasteiger charge is -2.52. The van der Waals surface area contributed by atoms with E-state index in [1.54, 1.807) is 31.2 Å². The summed E-state index contributed by atoms with van der Waals surface area (Å²) in [5.41, 5.74) is 0.736. The number of aromatic nitrogens is 1. The maximum atomic E-state index is 13.4. The first-order chi connectivity index (χ1) is 14.7. The Balaban J connectivity index is 1.39. The average molecular weight is 450 g/mol. The van der Waals surface area contributed by atoms with Crippen LogP contribution in [-0.2, 0) is 21.3 Å². The number of hydrogen-bond acceptors (Lipinski definition) is 6. The summed E-state index contributed by atoms with van der Waals surface area (Å²) in [7, 11) is -3.83. The van der Waals surface area contributed by atoms with Gasteiger partial charge in [-0.05, 0) is 61.9 Å². The first kappa shape index (κ1) is 22.1. The zero-order valence-corrected chi connectivity index (χ0v) is 18.3. The van der Waals surface area contributed by atoms with Crippen molar-refractivity contribution in [3.8, 4) is 0 Å². The number of aliphatic hydroxyl groups excluding tert-OH is 1. The van der Waals surface area contributed by atoms with E-state index < -0.39 is 10.0 Å². The number of anilines is 1. The molecule has 0 spiro atoms. The van der Waals surface area contributed by atoms with Crippen LogP contribution in [0.4, 0.5) is 10.2 Å². The topological polar surface area (TPSA) is 101 Å². The molecular formula is C22H28FN3O4S. The van der Waals surface area contributed by atoms with Crippen LogP contribution in [0.25, 0.3) is 0 Å². The molecule has 5 rings (SSSR count). The highest BCUT2D eigenvalue weighted by Crippen LogP contribution is 2.48. The van der Waals surface area contributed by atoms with E-state index in [2.05, 4.69) is 15.0 Å². The fraction of sp³-hybridized carbons (Fsp3) is 0.500. The van der Waals surface area contributed by atoms with Crippen LogP contribution in [0, 0.1) is 18.2 Å². The quantitative estimate of drug-likeness (QED) is 0.573. The van der Waals surface area contributed by atoms with Gasteiger partial charge in [0.05, 0.1) is 18.8 Å². The van der Waals surface area contributed by atoms with E-state index in [0.29, 0.717) is 30.1 Å². The van der Waals surface area contributed by atoms with Gasteiger partial charge >= 0.3 is 0 Å². The number of sulfonamides is 1. The molecule has 1 aliphatic carbocycles. The summed E-state index contributed by atoms with van der Waals surface area (Å²) < 4.78 is 47.4. The van der Waals surface area contributed by atoms with Gasteiger partial charge in [-0.1, -0.05) is 18.2 Å². The summed E-state index contributed by atoms with van der Waals surface area (Å²) in [5, 5.41) is 12.8. The SMILES string of the molecule is Cc1cc(CNS(=O)(=O)c2cccc(NCC34CCC(CO)(CC3)CO4)n2)ccc1F. The van der Waals surface area contributed by atoms with Crippen LogP contribution in [0.1, 0.15) is 36.8 Å². The van der Waals surface area contributed by atoms with Gasteiger partial charge in [0.25, 0.3) is 10.0 Å². The summed E-state index contributed by atoms with van der Waals surface area (Å²) in [5.74, 6) is 0.136. The zero-order valence-electron chi connectivity index (χ0n) is 17.5. The highest BCUT2D eigenvalue weighted by molar-refractivity contribution is 7.89. The van der Waals surface area contributed by atoms with Crippen molar-refractivity contribution < 1.29 is 22.7 Å². The van der Waals surface area contributed by atoms with Crippen molar-refractivity contribution in [1.82, 2.24) is 9.71 Å². The van der Waals surface area contributed by atoms with E-state index in [-0.39, 0.29) is 35.0 Å². The predicted molar refractivity (Wildman–Crippen MR) is 115 cm³/mol. The molecule has 0 amide bonds. The minimum Gasteiger partial charge on any atom is -0.396 e. The summed E-state index contributed by atoms with van der Waals surface area (Å²) >= 11 is 0. The van der Waals surface area contributed by atoms with E-state index in [1.807, 2.05) is 0 Å². The molecule has 3 heterocycles. The summed E-state index contributed by atoms with van der Waals surface area (Å²) in [6, 6.07) is 9.29. The van der Waals surface area contributed by atoms with E-state index in [0.717, 1.165) is 25.7 Å². The monoisotopic (exact) mass is 449 g/mol. The molecule has 3 N–H and O–H groups in total. The fourth-order valence-corrected chi connectivity index (χ4v) is 5.23. The third-order valence-electron chi connectivity index (χ3n) is 6.52. The number of nitrogens with one attached hydrogen (secondary N) is 2. The molecule has 1 aromatic carbocycles. The van der Waals surface area contributed by atoms with Crippen LogP contribution < -0.4 is 10.0 Å². The highest BCUT2D eigenvalue weighted by atomic mass is 32.2. The van der Waals surface area contributed by atoms with Crippen molar-refractivity contribution in [1.29, 1.82) is 0 Å². The molecule has 7 nitrogen and oxygen atoms in total. The number of aryl methyl sites for hydroxylation is 1. The van der Waals surface area contributed by atoms with Gasteiger partial charge in [-0.3, -0.25) is 0 Å². The molecule has 2 bridgehead atoms. The fourth-order valence-electron chi connectivity index (χ4n) is 4.25. The molecule has 2 aliphatic heterocycles. The molecular weight excluding hydrogens is 421 g/mol. The third-order valence-corrected chi connectivity index (χ3v) is 7.82. The number of halogens is 1. The molecule has 0 atom stereocenters. The molecule has 1 aromatic heterocycles. The lowest BCUT2D eigenvalue weighted by atomic mass is 9.66. The normalized spacial score (nSPS) is 25.5. The number of rotatable bonds is 8. The molecule has 31 heavy (non-hydrogen) atoms. The maximum Gasteiger partial charge on any atom is 0.258 e. The number of ether oxygens (including phenoxy) is 1.